The Hall–Kier alpha value is 0.200. The van der Waals surface area contributed by atoms with Crippen molar-refractivity contribution in [2.24, 2.45) is 0 Å². The minimum Gasteiger partial charge on any atom is -0.378 e. The normalized spacial score (nSPS) is 20.1. The number of hydrogen-bond acceptors (Lipinski definition) is 3. The predicted molar refractivity (Wildman–Crippen MR) is 61.7 cm³/mol. The molecule has 1 aliphatic carbocycles. The Labute approximate surface area is 96.6 Å². The highest BCUT2D eigenvalue weighted by Crippen LogP contribution is 2.19. The zero-order chi connectivity index (χ0) is 11.1. The maximum absolute atomic E-state index is 10.6. The lowest BCUT2D eigenvalue weighted by Crippen LogP contribution is -2.14. The molecule has 0 unspecified atom stereocenters. The molecule has 3 nitrogen and oxygen atoms in total. The summed E-state index contributed by atoms with van der Waals surface area (Å²) in [5.41, 5.74) is 0. The molecule has 0 aliphatic heterocycles. The van der Waals surface area contributed by atoms with Crippen molar-refractivity contribution in [2.75, 3.05) is 12.4 Å². The Morgan fingerprint density at radius 2 is 1.73 bits per heavy atom. The van der Waals surface area contributed by atoms with Crippen molar-refractivity contribution < 1.29 is 13.2 Å². The highest BCUT2D eigenvalue weighted by atomic mass is 35.7. The van der Waals surface area contributed by atoms with E-state index in [1.165, 1.54) is 25.7 Å². The molecule has 0 radical (unpaired) electrons. The average Bonchev–Trinajstić information content (AvgIpc) is 2.39. The van der Waals surface area contributed by atoms with Gasteiger partial charge in [0.05, 0.1) is 11.9 Å². The first-order valence-electron chi connectivity index (χ1n) is 5.62. The standard InChI is InChI=1S/C10H19ClO3S/c11-15(12,13)9-5-8-14-10-6-3-1-2-4-7-10/h10H,1-9H2. The molecule has 0 aromatic rings. The van der Waals surface area contributed by atoms with Gasteiger partial charge >= 0.3 is 0 Å². The molecule has 0 saturated heterocycles. The van der Waals surface area contributed by atoms with Gasteiger partial charge < -0.3 is 4.74 Å². The third-order valence-corrected chi connectivity index (χ3v) is 3.93. The van der Waals surface area contributed by atoms with E-state index in [1.54, 1.807) is 0 Å². The van der Waals surface area contributed by atoms with Gasteiger partial charge in [-0.2, -0.15) is 0 Å². The van der Waals surface area contributed by atoms with E-state index in [4.69, 9.17) is 15.4 Å². The van der Waals surface area contributed by atoms with Crippen molar-refractivity contribution >= 4 is 19.7 Å². The molecule has 1 aliphatic rings. The van der Waals surface area contributed by atoms with Crippen molar-refractivity contribution in [3.63, 3.8) is 0 Å². The Bertz CT molecular complexity index is 256. The molecule has 0 aromatic heterocycles. The van der Waals surface area contributed by atoms with Crippen molar-refractivity contribution in [1.82, 2.24) is 0 Å². The van der Waals surface area contributed by atoms with E-state index in [1.807, 2.05) is 0 Å². The molecule has 1 saturated carbocycles. The van der Waals surface area contributed by atoms with E-state index >= 15 is 0 Å². The van der Waals surface area contributed by atoms with Crippen molar-refractivity contribution in [3.05, 3.63) is 0 Å². The second-order valence-electron chi connectivity index (χ2n) is 4.08. The van der Waals surface area contributed by atoms with E-state index in [0.717, 1.165) is 12.8 Å². The van der Waals surface area contributed by atoms with Crippen molar-refractivity contribution in [2.45, 2.75) is 51.0 Å². The van der Waals surface area contributed by atoms with E-state index < -0.39 is 9.05 Å². The van der Waals surface area contributed by atoms with Crippen LogP contribution in [0.25, 0.3) is 0 Å². The molecule has 1 fully saturated rings. The molecule has 15 heavy (non-hydrogen) atoms. The third kappa shape index (κ3) is 7.14. The molecule has 0 amide bonds. The average molecular weight is 255 g/mol. The Morgan fingerprint density at radius 1 is 1.13 bits per heavy atom. The molecule has 0 bridgehead atoms. The van der Waals surface area contributed by atoms with E-state index in [2.05, 4.69) is 0 Å². The van der Waals surface area contributed by atoms with Gasteiger partial charge in [-0.05, 0) is 19.3 Å². The maximum Gasteiger partial charge on any atom is 0.232 e. The lowest BCUT2D eigenvalue weighted by atomic mass is 10.1. The van der Waals surface area contributed by atoms with Gasteiger partial charge in [-0.3, -0.25) is 0 Å². The summed E-state index contributed by atoms with van der Waals surface area (Å²) in [5, 5.41) is 0. The quantitative estimate of drug-likeness (QED) is 0.430. The lowest BCUT2D eigenvalue weighted by Gasteiger charge is -2.14. The smallest absolute Gasteiger partial charge is 0.232 e. The van der Waals surface area contributed by atoms with Crippen LogP contribution in [-0.4, -0.2) is 26.9 Å². The van der Waals surface area contributed by atoms with E-state index in [-0.39, 0.29) is 5.75 Å². The van der Waals surface area contributed by atoms with Gasteiger partial charge in [0.2, 0.25) is 9.05 Å². The fraction of sp³-hybridized carbons (Fsp3) is 1.00. The molecule has 1 rings (SSSR count). The van der Waals surface area contributed by atoms with Crippen LogP contribution in [0, 0.1) is 0 Å². The van der Waals surface area contributed by atoms with Crippen LogP contribution in [0.5, 0.6) is 0 Å². The number of hydrogen-bond donors (Lipinski definition) is 0. The molecule has 0 spiro atoms. The Balaban J connectivity index is 2.08. The van der Waals surface area contributed by atoms with Crippen molar-refractivity contribution in [3.8, 4) is 0 Å². The van der Waals surface area contributed by atoms with Gasteiger partial charge in [-0.15, -0.1) is 0 Å². The molecule has 0 atom stereocenters. The summed E-state index contributed by atoms with van der Waals surface area (Å²) >= 11 is 0. The van der Waals surface area contributed by atoms with E-state index in [9.17, 15) is 8.42 Å². The first-order chi connectivity index (χ1) is 7.08. The van der Waals surface area contributed by atoms with Crippen LogP contribution < -0.4 is 0 Å². The highest BCUT2D eigenvalue weighted by molar-refractivity contribution is 8.13. The second-order valence-corrected chi connectivity index (χ2v) is 6.98. The molecular formula is C10H19ClO3S. The summed E-state index contributed by atoms with van der Waals surface area (Å²) in [4.78, 5) is 0. The monoisotopic (exact) mass is 254 g/mol. The molecule has 90 valence electrons. The largest absolute Gasteiger partial charge is 0.378 e. The van der Waals surface area contributed by atoms with Crippen LogP contribution in [-0.2, 0) is 13.8 Å². The zero-order valence-electron chi connectivity index (χ0n) is 8.95. The summed E-state index contributed by atoms with van der Waals surface area (Å²) in [6.45, 7) is 0.511. The minimum absolute atomic E-state index is 0.0152. The number of ether oxygens (including phenoxy) is 1. The summed E-state index contributed by atoms with van der Waals surface area (Å²) in [6, 6.07) is 0. The minimum atomic E-state index is -3.34. The third-order valence-electron chi connectivity index (χ3n) is 2.69. The molecule has 0 aromatic carbocycles. The first kappa shape index (κ1) is 13.3. The van der Waals surface area contributed by atoms with Gasteiger partial charge in [-0.1, -0.05) is 25.7 Å². The summed E-state index contributed by atoms with van der Waals surface area (Å²) in [7, 11) is 1.76. The molecule has 0 heterocycles. The van der Waals surface area contributed by atoms with Crippen LogP contribution >= 0.6 is 10.7 Å². The van der Waals surface area contributed by atoms with Crippen LogP contribution in [0.4, 0.5) is 0 Å². The molecule has 0 N–H and O–H groups in total. The van der Waals surface area contributed by atoms with Gasteiger partial charge in [0.25, 0.3) is 0 Å². The van der Waals surface area contributed by atoms with Gasteiger partial charge in [0, 0.05) is 17.3 Å². The Morgan fingerprint density at radius 3 is 2.27 bits per heavy atom. The molecular weight excluding hydrogens is 236 g/mol. The number of halogens is 1. The van der Waals surface area contributed by atoms with Gasteiger partial charge in [-0.25, -0.2) is 8.42 Å². The van der Waals surface area contributed by atoms with Crippen molar-refractivity contribution in [1.29, 1.82) is 0 Å². The maximum atomic E-state index is 10.6. The van der Waals surface area contributed by atoms with Crippen LogP contribution in [0.3, 0.4) is 0 Å². The lowest BCUT2D eigenvalue weighted by molar-refractivity contribution is 0.0440. The van der Waals surface area contributed by atoms with Crippen LogP contribution in [0.15, 0.2) is 0 Å². The fourth-order valence-electron chi connectivity index (χ4n) is 1.89. The summed E-state index contributed by atoms with van der Waals surface area (Å²) in [6.07, 6.45) is 8.15. The predicted octanol–water partition coefficient (Wildman–Crippen LogP) is 2.68. The number of rotatable bonds is 5. The summed E-state index contributed by atoms with van der Waals surface area (Å²) < 4.78 is 26.9. The summed E-state index contributed by atoms with van der Waals surface area (Å²) in [5.74, 6) is 0.0152. The SMILES string of the molecule is O=S(=O)(Cl)CCCOC1CCCCCC1. The fourth-order valence-corrected chi connectivity index (χ4v) is 2.68. The molecule has 5 heteroatoms. The zero-order valence-corrected chi connectivity index (χ0v) is 10.5. The first-order valence-corrected chi connectivity index (χ1v) is 8.10. The topological polar surface area (TPSA) is 43.4 Å². The second kappa shape index (κ2) is 6.71. The van der Waals surface area contributed by atoms with Gasteiger partial charge in [0.1, 0.15) is 0 Å². The van der Waals surface area contributed by atoms with Crippen LogP contribution in [0.2, 0.25) is 0 Å². The van der Waals surface area contributed by atoms with Gasteiger partial charge in [0.15, 0.2) is 0 Å². The van der Waals surface area contributed by atoms with E-state index in [0.29, 0.717) is 19.1 Å². The van der Waals surface area contributed by atoms with Crippen LogP contribution in [0.1, 0.15) is 44.9 Å². The Kier molecular flexibility index (Phi) is 5.94. The highest BCUT2D eigenvalue weighted by Gasteiger charge is 2.12.